The zero-order chi connectivity index (χ0) is 15.9. The number of nitrogens with zero attached hydrogens (tertiary/aromatic N) is 2. The van der Waals surface area contributed by atoms with E-state index in [9.17, 15) is 0 Å². The standard InChI is InChI=1S/C19H24N2OS/c1-19(10-16-5-3-4-8-21(16)2)13-22-18-7-6-14(9-17(18)19)15-11-20-23-12-15/h6-7,9,11-12,16H,3-5,8,10,13H2,1-2H3/t16-,19?/m1/s1. The second-order valence-corrected chi connectivity index (χ2v) is 7.97. The van der Waals surface area contributed by atoms with E-state index in [2.05, 4.69) is 46.8 Å². The minimum Gasteiger partial charge on any atom is -0.492 e. The van der Waals surface area contributed by atoms with Crippen LogP contribution in [0.15, 0.2) is 29.8 Å². The van der Waals surface area contributed by atoms with Crippen molar-refractivity contribution in [2.24, 2.45) is 0 Å². The topological polar surface area (TPSA) is 25.4 Å². The van der Waals surface area contributed by atoms with Gasteiger partial charge in [0.2, 0.25) is 0 Å². The fraction of sp³-hybridized carbons (Fsp3) is 0.526. The van der Waals surface area contributed by atoms with Crippen LogP contribution < -0.4 is 4.74 Å². The molecule has 0 spiro atoms. The van der Waals surface area contributed by atoms with Crippen LogP contribution in [0.25, 0.3) is 11.1 Å². The number of aromatic nitrogens is 1. The van der Waals surface area contributed by atoms with Crippen LogP contribution in [-0.2, 0) is 5.41 Å². The van der Waals surface area contributed by atoms with Gasteiger partial charge in [0.05, 0.1) is 6.61 Å². The van der Waals surface area contributed by atoms with Crippen LogP contribution in [0.3, 0.4) is 0 Å². The number of ether oxygens (including phenoxy) is 1. The second kappa shape index (κ2) is 5.91. The summed E-state index contributed by atoms with van der Waals surface area (Å²) in [6.45, 7) is 4.41. The molecule has 4 rings (SSSR count). The summed E-state index contributed by atoms with van der Waals surface area (Å²) in [5.41, 5.74) is 3.96. The first kappa shape index (κ1) is 15.2. The molecule has 0 saturated carbocycles. The molecule has 1 fully saturated rings. The molecule has 0 bridgehead atoms. The summed E-state index contributed by atoms with van der Waals surface area (Å²) >= 11 is 1.51. The lowest BCUT2D eigenvalue weighted by Crippen LogP contribution is -2.41. The zero-order valence-electron chi connectivity index (χ0n) is 13.9. The molecule has 0 amide bonds. The van der Waals surface area contributed by atoms with Gasteiger partial charge >= 0.3 is 0 Å². The smallest absolute Gasteiger partial charge is 0.123 e. The molecule has 0 radical (unpaired) electrons. The van der Waals surface area contributed by atoms with Gasteiger partial charge in [-0.1, -0.05) is 19.4 Å². The maximum Gasteiger partial charge on any atom is 0.123 e. The summed E-state index contributed by atoms with van der Waals surface area (Å²) in [5.74, 6) is 1.07. The van der Waals surface area contributed by atoms with Gasteiger partial charge in [-0.2, -0.15) is 0 Å². The van der Waals surface area contributed by atoms with E-state index in [0.717, 1.165) is 12.4 Å². The van der Waals surface area contributed by atoms with Crippen LogP contribution in [0.1, 0.15) is 38.2 Å². The van der Waals surface area contributed by atoms with Gasteiger partial charge in [-0.25, -0.2) is 4.37 Å². The van der Waals surface area contributed by atoms with E-state index < -0.39 is 0 Å². The first-order valence-electron chi connectivity index (χ1n) is 8.53. The Morgan fingerprint density at radius 1 is 1.35 bits per heavy atom. The first-order chi connectivity index (χ1) is 11.2. The van der Waals surface area contributed by atoms with Crippen molar-refractivity contribution in [1.29, 1.82) is 0 Å². The number of fused-ring (bicyclic) bond motifs is 1. The predicted molar refractivity (Wildman–Crippen MR) is 95.3 cm³/mol. The van der Waals surface area contributed by atoms with E-state index >= 15 is 0 Å². The molecule has 1 unspecified atom stereocenters. The summed E-state index contributed by atoms with van der Waals surface area (Å²) < 4.78 is 10.3. The number of hydrogen-bond donors (Lipinski definition) is 0. The third-order valence-corrected chi connectivity index (χ3v) is 6.14. The maximum absolute atomic E-state index is 6.03. The predicted octanol–water partition coefficient (Wildman–Crippen LogP) is 4.33. The van der Waals surface area contributed by atoms with Crippen LogP contribution in [0.4, 0.5) is 0 Å². The van der Waals surface area contributed by atoms with E-state index in [1.165, 1.54) is 60.5 Å². The molecule has 3 nitrogen and oxygen atoms in total. The molecule has 1 aromatic carbocycles. The third-order valence-electron chi connectivity index (χ3n) is 5.55. The molecule has 122 valence electrons. The second-order valence-electron chi connectivity index (χ2n) is 7.31. The van der Waals surface area contributed by atoms with E-state index in [1.807, 2.05) is 6.20 Å². The van der Waals surface area contributed by atoms with Gasteiger partial charge in [0.1, 0.15) is 5.75 Å². The molecule has 1 saturated heterocycles. The van der Waals surface area contributed by atoms with Crippen LogP contribution >= 0.6 is 11.5 Å². The van der Waals surface area contributed by atoms with Crippen molar-refractivity contribution < 1.29 is 4.74 Å². The number of hydrogen-bond acceptors (Lipinski definition) is 4. The summed E-state index contributed by atoms with van der Waals surface area (Å²) in [5, 5.41) is 2.11. The number of rotatable bonds is 3. The highest BCUT2D eigenvalue weighted by Gasteiger charge is 2.39. The van der Waals surface area contributed by atoms with Gasteiger partial charge in [0.25, 0.3) is 0 Å². The van der Waals surface area contributed by atoms with Crippen LogP contribution in [-0.4, -0.2) is 35.5 Å². The highest BCUT2D eigenvalue weighted by Crippen LogP contribution is 2.44. The molecule has 2 atom stereocenters. The van der Waals surface area contributed by atoms with Gasteiger partial charge in [0.15, 0.2) is 0 Å². The van der Waals surface area contributed by atoms with Gasteiger partial charge < -0.3 is 9.64 Å². The Bertz CT molecular complexity index is 685. The molecule has 0 N–H and O–H groups in total. The minimum absolute atomic E-state index is 0.116. The Balaban J connectivity index is 1.64. The summed E-state index contributed by atoms with van der Waals surface area (Å²) in [7, 11) is 2.28. The van der Waals surface area contributed by atoms with Crippen LogP contribution in [0.5, 0.6) is 5.75 Å². The largest absolute Gasteiger partial charge is 0.492 e. The van der Waals surface area contributed by atoms with Crippen LogP contribution in [0, 0.1) is 0 Å². The molecule has 2 aliphatic rings. The molecule has 2 aliphatic heterocycles. The molecule has 1 aromatic heterocycles. The van der Waals surface area contributed by atoms with Crippen LogP contribution in [0.2, 0.25) is 0 Å². The quantitative estimate of drug-likeness (QED) is 0.838. The lowest BCUT2D eigenvalue weighted by molar-refractivity contribution is 0.139. The monoisotopic (exact) mass is 328 g/mol. The number of piperidine rings is 1. The highest BCUT2D eigenvalue weighted by atomic mass is 32.1. The average Bonchev–Trinajstić information content (AvgIpc) is 3.19. The van der Waals surface area contributed by atoms with E-state index in [0.29, 0.717) is 6.04 Å². The Morgan fingerprint density at radius 3 is 3.04 bits per heavy atom. The molecular weight excluding hydrogens is 304 g/mol. The van der Waals surface area contributed by atoms with Crippen molar-refractivity contribution >= 4 is 11.5 Å². The summed E-state index contributed by atoms with van der Waals surface area (Å²) in [6, 6.07) is 7.29. The average molecular weight is 328 g/mol. The Hall–Kier alpha value is -1.39. The zero-order valence-corrected chi connectivity index (χ0v) is 14.7. The first-order valence-corrected chi connectivity index (χ1v) is 9.37. The third kappa shape index (κ3) is 2.79. The lowest BCUT2D eigenvalue weighted by atomic mass is 9.76. The van der Waals surface area contributed by atoms with E-state index in [4.69, 9.17) is 4.74 Å². The van der Waals surface area contributed by atoms with Crippen molar-refractivity contribution in [2.45, 2.75) is 44.1 Å². The van der Waals surface area contributed by atoms with Gasteiger partial charge in [0, 0.05) is 34.2 Å². The summed E-state index contributed by atoms with van der Waals surface area (Å²) in [4.78, 5) is 2.54. The fourth-order valence-electron chi connectivity index (χ4n) is 4.06. The van der Waals surface area contributed by atoms with Crippen molar-refractivity contribution in [1.82, 2.24) is 9.27 Å². The Morgan fingerprint density at radius 2 is 2.26 bits per heavy atom. The van der Waals surface area contributed by atoms with Crippen molar-refractivity contribution in [3.05, 3.63) is 35.3 Å². The SMILES string of the molecule is CN1CCCC[C@@H]1CC1(C)COc2ccc(-c3cnsc3)cc21. The van der Waals surface area contributed by atoms with Gasteiger partial charge in [-0.3, -0.25) is 0 Å². The number of benzene rings is 1. The maximum atomic E-state index is 6.03. The van der Waals surface area contributed by atoms with Gasteiger partial charge in [-0.05, 0) is 62.1 Å². The fourth-order valence-corrected chi connectivity index (χ4v) is 4.61. The van der Waals surface area contributed by atoms with Gasteiger partial charge in [-0.15, -0.1) is 0 Å². The van der Waals surface area contributed by atoms with Crippen molar-refractivity contribution in [3.8, 4) is 16.9 Å². The molecule has 3 heterocycles. The summed E-state index contributed by atoms with van der Waals surface area (Å²) in [6.07, 6.45) is 7.15. The molecule has 4 heteroatoms. The molecule has 2 aromatic rings. The van der Waals surface area contributed by atoms with E-state index in [-0.39, 0.29) is 5.41 Å². The van der Waals surface area contributed by atoms with Crippen molar-refractivity contribution in [2.75, 3.05) is 20.2 Å². The molecular formula is C19H24N2OS. The van der Waals surface area contributed by atoms with E-state index in [1.54, 1.807) is 0 Å². The lowest BCUT2D eigenvalue weighted by Gasteiger charge is -2.37. The normalized spacial score (nSPS) is 27.7. The molecule has 0 aliphatic carbocycles. The number of likely N-dealkylation sites (tertiary alicyclic amines) is 1. The molecule has 23 heavy (non-hydrogen) atoms. The highest BCUT2D eigenvalue weighted by molar-refractivity contribution is 7.03. The Kier molecular flexibility index (Phi) is 3.90. The minimum atomic E-state index is 0.116. The van der Waals surface area contributed by atoms with Crippen molar-refractivity contribution in [3.63, 3.8) is 0 Å². The Labute approximate surface area is 142 Å².